The van der Waals surface area contributed by atoms with E-state index in [0.29, 0.717) is 43.3 Å². The monoisotopic (exact) mass is 531 g/mol. The van der Waals surface area contributed by atoms with E-state index >= 15 is 0 Å². The number of rotatable bonds is 4. The van der Waals surface area contributed by atoms with Crippen molar-refractivity contribution in [1.29, 1.82) is 0 Å². The van der Waals surface area contributed by atoms with Crippen LogP contribution in [0.3, 0.4) is 0 Å². The highest BCUT2D eigenvalue weighted by atomic mass is 16.5. The third-order valence-electron chi connectivity index (χ3n) is 7.88. The summed E-state index contributed by atoms with van der Waals surface area (Å²) in [5.41, 5.74) is 12.6. The highest BCUT2D eigenvalue weighted by Gasteiger charge is 2.59. The number of nitrogens with zero attached hydrogens (tertiary/aromatic N) is 1. The van der Waals surface area contributed by atoms with Crippen molar-refractivity contribution in [2.45, 2.75) is 97.4 Å². The first-order chi connectivity index (χ1) is 18.0. The van der Waals surface area contributed by atoms with Gasteiger partial charge in [-0.3, -0.25) is 15.5 Å². The minimum atomic E-state index is -0.799. The first-order valence-electron chi connectivity index (χ1n) is 13.9. The molecule has 1 aromatic carbocycles. The van der Waals surface area contributed by atoms with Gasteiger partial charge in [0.1, 0.15) is 29.3 Å². The third kappa shape index (κ3) is 5.78. The molecule has 2 fully saturated rings. The van der Waals surface area contributed by atoms with Gasteiger partial charge in [-0.25, -0.2) is 0 Å². The quantitative estimate of drug-likeness (QED) is 0.251. The number of amides is 1. The Morgan fingerprint density at radius 3 is 2.53 bits per heavy atom. The van der Waals surface area contributed by atoms with E-state index in [9.17, 15) is 9.90 Å². The molecule has 4 atom stereocenters. The fraction of sp³-hybridized carbons (Fsp3) is 0.655. The molecule has 0 spiro atoms. The molecule has 3 aliphatic heterocycles. The largest absolute Gasteiger partial charge is 0.492 e. The first kappa shape index (κ1) is 31.4. The fourth-order valence-corrected chi connectivity index (χ4v) is 5.58. The van der Waals surface area contributed by atoms with Crippen LogP contribution in [0.25, 0.3) is 0 Å². The van der Waals surface area contributed by atoms with Crippen LogP contribution in [0.15, 0.2) is 29.6 Å². The number of carbonyl (C=O) groups excluding carboxylic acids is 1. The van der Waals surface area contributed by atoms with Crippen LogP contribution in [0.2, 0.25) is 0 Å². The molecule has 8 N–H and O–H groups in total. The molecule has 1 amide bonds. The van der Waals surface area contributed by atoms with Crippen molar-refractivity contribution in [3.8, 4) is 5.75 Å². The highest BCUT2D eigenvalue weighted by molar-refractivity contribution is 5.97. The van der Waals surface area contributed by atoms with Crippen LogP contribution in [0.5, 0.6) is 5.75 Å². The van der Waals surface area contributed by atoms with Gasteiger partial charge in [-0.15, -0.1) is 0 Å². The van der Waals surface area contributed by atoms with Gasteiger partial charge in [0, 0.05) is 18.5 Å². The van der Waals surface area contributed by atoms with E-state index in [1.54, 1.807) is 6.07 Å². The Bertz CT molecular complexity index is 1030. The molecule has 0 bridgehead atoms. The molecule has 2 saturated heterocycles. The molecule has 2 unspecified atom stereocenters. The number of benzene rings is 1. The number of carbonyl (C=O) groups is 1. The van der Waals surface area contributed by atoms with Crippen LogP contribution >= 0.6 is 0 Å². The SMILES string of the molecule is CC.CCC(N)=[NH+]C1CNC(=C(C)C)N2C[C@@H](NC(=O)c3cccc4c3OCCC4(C)C)C(O)[C@]12C.CN. The molecule has 4 rings (SSSR count). The number of nitrogens with one attached hydrogen (secondary N) is 3. The summed E-state index contributed by atoms with van der Waals surface area (Å²) in [6.07, 6.45) is 0.810. The molecule has 9 heteroatoms. The van der Waals surface area contributed by atoms with Gasteiger partial charge in [-0.1, -0.05) is 46.8 Å². The lowest BCUT2D eigenvalue weighted by molar-refractivity contribution is -0.525. The van der Waals surface area contributed by atoms with E-state index in [0.717, 1.165) is 23.4 Å². The van der Waals surface area contributed by atoms with E-state index in [1.807, 2.05) is 39.8 Å². The van der Waals surface area contributed by atoms with Crippen LogP contribution in [-0.4, -0.2) is 72.2 Å². The van der Waals surface area contributed by atoms with Gasteiger partial charge < -0.3 is 31.1 Å². The first-order valence-corrected chi connectivity index (χ1v) is 13.9. The van der Waals surface area contributed by atoms with Crippen molar-refractivity contribution in [2.24, 2.45) is 11.5 Å². The predicted molar refractivity (Wildman–Crippen MR) is 154 cm³/mol. The van der Waals surface area contributed by atoms with Crippen LogP contribution in [0.4, 0.5) is 0 Å². The molecule has 3 heterocycles. The molecule has 0 radical (unpaired) electrons. The number of allylic oxidation sites excluding steroid dienone is 1. The Balaban J connectivity index is 0.00000121. The molecule has 38 heavy (non-hydrogen) atoms. The van der Waals surface area contributed by atoms with E-state index in [-0.39, 0.29) is 17.4 Å². The number of nitrogens with two attached hydrogens (primary N) is 2. The lowest BCUT2D eigenvalue weighted by Crippen LogP contribution is -2.92. The van der Waals surface area contributed by atoms with E-state index < -0.39 is 17.7 Å². The second-order valence-electron chi connectivity index (χ2n) is 10.8. The number of hydrogen-bond donors (Lipinski definition) is 6. The topological polar surface area (TPSA) is 140 Å². The summed E-state index contributed by atoms with van der Waals surface area (Å²) in [5.74, 6) is 2.11. The van der Waals surface area contributed by atoms with Gasteiger partial charge in [0.2, 0.25) is 5.84 Å². The van der Waals surface area contributed by atoms with Gasteiger partial charge >= 0.3 is 0 Å². The Hall–Kier alpha value is -2.78. The van der Waals surface area contributed by atoms with Crippen LogP contribution in [0.1, 0.15) is 84.2 Å². The number of para-hydroxylation sites is 1. The van der Waals surface area contributed by atoms with E-state index in [4.69, 9.17) is 10.5 Å². The van der Waals surface area contributed by atoms with Gasteiger partial charge in [0.25, 0.3) is 5.91 Å². The van der Waals surface area contributed by atoms with Gasteiger partial charge in [0.05, 0.1) is 24.8 Å². The summed E-state index contributed by atoms with van der Waals surface area (Å²) in [6.45, 7) is 18.2. The highest BCUT2D eigenvalue weighted by Crippen LogP contribution is 2.41. The molecule has 9 nitrogen and oxygen atoms in total. The van der Waals surface area contributed by atoms with Gasteiger partial charge in [0.15, 0.2) is 0 Å². The summed E-state index contributed by atoms with van der Waals surface area (Å²) < 4.78 is 5.96. The summed E-state index contributed by atoms with van der Waals surface area (Å²) in [7, 11) is 1.50. The van der Waals surface area contributed by atoms with Gasteiger partial charge in [-0.05, 0) is 51.3 Å². The summed E-state index contributed by atoms with van der Waals surface area (Å²) in [4.78, 5) is 19.1. The van der Waals surface area contributed by atoms with Crippen molar-refractivity contribution in [3.63, 3.8) is 0 Å². The predicted octanol–water partition coefficient (Wildman–Crippen LogP) is 0.952. The normalized spacial score (nSPS) is 27.2. The molecular weight excluding hydrogens is 480 g/mol. The van der Waals surface area contributed by atoms with Crippen molar-refractivity contribution < 1.29 is 19.6 Å². The van der Waals surface area contributed by atoms with Gasteiger partial charge in [-0.2, -0.15) is 0 Å². The van der Waals surface area contributed by atoms with Crippen LogP contribution in [0, 0.1) is 0 Å². The summed E-state index contributed by atoms with van der Waals surface area (Å²) >= 11 is 0. The van der Waals surface area contributed by atoms with Crippen molar-refractivity contribution in [2.75, 3.05) is 26.7 Å². The Kier molecular flexibility index (Phi) is 10.6. The molecule has 1 aromatic rings. The number of hydrogen-bond acceptors (Lipinski definition) is 6. The standard InChI is InChI=1S/C26H39N5O3.C2H6.CH5N/c1-7-20(27)30-19-13-28-23(15(2)3)31-14-18(22(32)26(19,31)6)29-24(33)16-9-8-10-17-21(16)34-12-11-25(17,4)5;2*1-2/h8-10,18-19,22,28,32H,7,11-14H2,1-6H3,(H2,27,30)(H,29,33);1-2H3;2H2,1H3/p+1/t18-,19?,22?,26+;;/m1../s1. The third-order valence-corrected chi connectivity index (χ3v) is 7.88. The Labute approximate surface area is 229 Å². The van der Waals surface area contributed by atoms with Crippen molar-refractivity contribution in [1.82, 2.24) is 15.5 Å². The average molecular weight is 532 g/mol. The zero-order valence-electron chi connectivity index (χ0n) is 24.9. The average Bonchev–Trinajstić information content (AvgIpc) is 3.16. The molecule has 214 valence electrons. The Morgan fingerprint density at radius 2 is 1.92 bits per heavy atom. The summed E-state index contributed by atoms with van der Waals surface area (Å²) in [5, 5.41) is 18.2. The summed E-state index contributed by atoms with van der Waals surface area (Å²) in [6, 6.07) is 5.17. The van der Waals surface area contributed by atoms with Crippen molar-refractivity contribution in [3.05, 3.63) is 40.7 Å². The van der Waals surface area contributed by atoms with E-state index in [1.165, 1.54) is 7.05 Å². The lowest BCUT2D eigenvalue weighted by Gasteiger charge is -2.47. The fourth-order valence-electron chi connectivity index (χ4n) is 5.58. The number of fused-ring (bicyclic) bond motifs is 2. The smallest absolute Gasteiger partial charge is 0.255 e. The maximum Gasteiger partial charge on any atom is 0.255 e. The second-order valence-corrected chi connectivity index (χ2v) is 10.8. The molecule has 0 aliphatic carbocycles. The second kappa shape index (κ2) is 12.8. The minimum absolute atomic E-state index is 0.0521. The molecular formula is C29H51N6O3+. The zero-order chi connectivity index (χ0) is 28.8. The van der Waals surface area contributed by atoms with Crippen LogP contribution < -0.4 is 31.8 Å². The number of ether oxygens (including phenoxy) is 1. The zero-order valence-corrected chi connectivity index (χ0v) is 24.9. The Morgan fingerprint density at radius 1 is 1.26 bits per heavy atom. The molecule has 0 aromatic heterocycles. The number of aliphatic hydroxyl groups is 1. The maximum atomic E-state index is 13.5. The molecule has 3 aliphatic rings. The maximum absolute atomic E-state index is 13.5. The van der Waals surface area contributed by atoms with E-state index in [2.05, 4.69) is 54.0 Å². The van der Waals surface area contributed by atoms with Crippen molar-refractivity contribution >= 4 is 11.7 Å². The van der Waals surface area contributed by atoms with Crippen LogP contribution in [-0.2, 0) is 5.41 Å². The lowest BCUT2D eigenvalue weighted by atomic mass is 9.79. The molecule has 0 saturated carbocycles. The minimum Gasteiger partial charge on any atom is -0.492 e. The number of aliphatic hydroxyl groups excluding tert-OH is 1. The number of amidine groups is 1.